The number of piperazine rings is 1. The molecule has 1 N–H and O–H groups in total. The second kappa shape index (κ2) is 9.56. The summed E-state index contributed by atoms with van der Waals surface area (Å²) in [4.78, 5) is 28.8. The van der Waals surface area contributed by atoms with Crippen LogP contribution in [0.3, 0.4) is 0 Å². The van der Waals surface area contributed by atoms with Crippen molar-refractivity contribution >= 4 is 17.5 Å². The molecule has 2 aromatic carbocycles. The SMILES string of the molecule is Cc1ccc(NC(=O)CN2CCN(C(=O)[C@@H](C)Oc3ccc(C)cc3)CC2)cc1. The van der Waals surface area contributed by atoms with Gasteiger partial charge in [0.25, 0.3) is 5.91 Å². The molecule has 1 saturated heterocycles. The zero-order valence-corrected chi connectivity index (χ0v) is 17.4. The molecular formula is C23H29N3O3. The lowest BCUT2D eigenvalue weighted by atomic mass is 10.2. The first kappa shape index (κ1) is 20.9. The van der Waals surface area contributed by atoms with Crippen molar-refractivity contribution in [2.75, 3.05) is 38.0 Å². The van der Waals surface area contributed by atoms with E-state index in [9.17, 15) is 9.59 Å². The molecule has 6 nitrogen and oxygen atoms in total. The van der Waals surface area contributed by atoms with E-state index < -0.39 is 6.10 Å². The first-order chi connectivity index (χ1) is 13.9. The molecule has 154 valence electrons. The first-order valence-corrected chi connectivity index (χ1v) is 10.0. The third-order valence-electron chi connectivity index (χ3n) is 5.07. The Morgan fingerprint density at radius 2 is 1.48 bits per heavy atom. The molecule has 0 spiro atoms. The maximum Gasteiger partial charge on any atom is 0.263 e. The summed E-state index contributed by atoms with van der Waals surface area (Å²) in [5, 5.41) is 2.92. The fraction of sp³-hybridized carbons (Fsp3) is 0.391. The molecule has 3 rings (SSSR count). The molecule has 1 atom stereocenters. The zero-order valence-electron chi connectivity index (χ0n) is 17.4. The van der Waals surface area contributed by atoms with Crippen LogP contribution in [0.5, 0.6) is 5.75 Å². The Balaban J connectivity index is 1.43. The normalized spacial score (nSPS) is 15.6. The quantitative estimate of drug-likeness (QED) is 0.817. The molecule has 6 heteroatoms. The zero-order chi connectivity index (χ0) is 20.8. The largest absolute Gasteiger partial charge is 0.481 e. The summed E-state index contributed by atoms with van der Waals surface area (Å²) in [7, 11) is 0. The highest BCUT2D eigenvalue weighted by molar-refractivity contribution is 5.92. The van der Waals surface area contributed by atoms with Gasteiger partial charge in [-0.05, 0) is 45.0 Å². The Morgan fingerprint density at radius 1 is 0.931 bits per heavy atom. The molecule has 0 aromatic heterocycles. The van der Waals surface area contributed by atoms with Gasteiger partial charge >= 0.3 is 0 Å². The van der Waals surface area contributed by atoms with E-state index in [1.54, 1.807) is 6.92 Å². The first-order valence-electron chi connectivity index (χ1n) is 10.0. The Hall–Kier alpha value is -2.86. The summed E-state index contributed by atoms with van der Waals surface area (Å²) in [6.45, 7) is 8.66. The van der Waals surface area contributed by atoms with Crippen LogP contribution in [0.25, 0.3) is 0 Å². The van der Waals surface area contributed by atoms with Crippen molar-refractivity contribution in [3.63, 3.8) is 0 Å². The lowest BCUT2D eigenvalue weighted by Crippen LogP contribution is -2.53. The van der Waals surface area contributed by atoms with Crippen molar-refractivity contribution in [2.24, 2.45) is 0 Å². The molecular weight excluding hydrogens is 366 g/mol. The predicted molar refractivity (Wildman–Crippen MR) is 114 cm³/mol. The second-order valence-electron chi connectivity index (χ2n) is 7.59. The molecule has 0 radical (unpaired) electrons. The Bertz CT molecular complexity index is 825. The van der Waals surface area contributed by atoms with Crippen LogP contribution in [0.2, 0.25) is 0 Å². The monoisotopic (exact) mass is 395 g/mol. The van der Waals surface area contributed by atoms with Gasteiger partial charge < -0.3 is 15.0 Å². The van der Waals surface area contributed by atoms with Crippen molar-refractivity contribution in [3.05, 3.63) is 59.7 Å². The minimum absolute atomic E-state index is 0.0191. The summed E-state index contributed by atoms with van der Waals surface area (Å²) in [5.74, 6) is 0.641. The third-order valence-corrected chi connectivity index (χ3v) is 5.07. The fourth-order valence-electron chi connectivity index (χ4n) is 3.30. The molecule has 1 aliphatic rings. The number of nitrogens with one attached hydrogen (secondary N) is 1. The summed E-state index contributed by atoms with van der Waals surface area (Å²) in [5.41, 5.74) is 3.11. The average Bonchev–Trinajstić information content (AvgIpc) is 2.71. The van der Waals surface area contributed by atoms with Gasteiger partial charge in [-0.2, -0.15) is 0 Å². The van der Waals surface area contributed by atoms with Crippen LogP contribution in [-0.2, 0) is 9.59 Å². The standard InChI is InChI=1S/C23H29N3O3/c1-17-4-8-20(9-5-17)24-22(27)16-25-12-14-26(15-13-25)23(28)19(3)29-21-10-6-18(2)7-11-21/h4-11,19H,12-16H2,1-3H3,(H,24,27)/t19-/m1/s1. The highest BCUT2D eigenvalue weighted by atomic mass is 16.5. The number of carbonyl (C=O) groups excluding carboxylic acids is 2. The van der Waals surface area contributed by atoms with Gasteiger partial charge in [0, 0.05) is 31.9 Å². The fourth-order valence-corrected chi connectivity index (χ4v) is 3.30. The van der Waals surface area contributed by atoms with E-state index in [0.717, 1.165) is 16.8 Å². The number of ether oxygens (including phenoxy) is 1. The highest BCUT2D eigenvalue weighted by Gasteiger charge is 2.26. The van der Waals surface area contributed by atoms with Crippen LogP contribution >= 0.6 is 0 Å². The van der Waals surface area contributed by atoms with E-state index in [1.807, 2.05) is 67.3 Å². The van der Waals surface area contributed by atoms with E-state index in [0.29, 0.717) is 38.5 Å². The number of nitrogens with zero attached hydrogens (tertiary/aromatic N) is 2. The van der Waals surface area contributed by atoms with Gasteiger partial charge in [-0.3, -0.25) is 14.5 Å². The van der Waals surface area contributed by atoms with Crippen LogP contribution in [-0.4, -0.2) is 60.4 Å². The molecule has 2 aromatic rings. The van der Waals surface area contributed by atoms with Crippen LogP contribution in [0.4, 0.5) is 5.69 Å². The Labute approximate surface area is 172 Å². The van der Waals surface area contributed by atoms with Crippen molar-refractivity contribution in [3.8, 4) is 5.75 Å². The van der Waals surface area contributed by atoms with Crippen LogP contribution < -0.4 is 10.1 Å². The topological polar surface area (TPSA) is 61.9 Å². The Kier molecular flexibility index (Phi) is 6.88. The van der Waals surface area contributed by atoms with Gasteiger partial charge in [-0.1, -0.05) is 35.4 Å². The maximum atomic E-state index is 12.7. The smallest absolute Gasteiger partial charge is 0.263 e. The summed E-state index contributed by atoms with van der Waals surface area (Å²) >= 11 is 0. The molecule has 1 fully saturated rings. The minimum atomic E-state index is -0.533. The third kappa shape index (κ3) is 6.06. The van der Waals surface area contributed by atoms with Crippen LogP contribution in [0.1, 0.15) is 18.1 Å². The van der Waals surface area contributed by atoms with Crippen molar-refractivity contribution in [1.82, 2.24) is 9.80 Å². The summed E-state index contributed by atoms with van der Waals surface area (Å²) in [6, 6.07) is 15.4. The Morgan fingerprint density at radius 3 is 2.07 bits per heavy atom. The number of benzene rings is 2. The van der Waals surface area contributed by atoms with Gasteiger partial charge in [-0.25, -0.2) is 0 Å². The molecule has 29 heavy (non-hydrogen) atoms. The average molecular weight is 396 g/mol. The van der Waals surface area contributed by atoms with Gasteiger partial charge in [0.15, 0.2) is 6.10 Å². The number of amides is 2. The van der Waals surface area contributed by atoms with Gasteiger partial charge in [0.1, 0.15) is 5.75 Å². The molecule has 0 saturated carbocycles. The van der Waals surface area contributed by atoms with E-state index >= 15 is 0 Å². The van der Waals surface area contributed by atoms with Gasteiger partial charge in [0.2, 0.25) is 5.91 Å². The number of anilines is 1. The van der Waals surface area contributed by atoms with E-state index in [4.69, 9.17) is 4.74 Å². The summed E-state index contributed by atoms with van der Waals surface area (Å²) in [6.07, 6.45) is -0.533. The lowest BCUT2D eigenvalue weighted by molar-refractivity contribution is -0.139. The summed E-state index contributed by atoms with van der Waals surface area (Å²) < 4.78 is 5.78. The molecule has 0 aliphatic carbocycles. The van der Waals surface area contributed by atoms with Crippen molar-refractivity contribution < 1.29 is 14.3 Å². The van der Waals surface area contributed by atoms with E-state index in [-0.39, 0.29) is 11.8 Å². The van der Waals surface area contributed by atoms with E-state index in [1.165, 1.54) is 0 Å². The number of hydrogen-bond donors (Lipinski definition) is 1. The van der Waals surface area contributed by atoms with Crippen molar-refractivity contribution in [2.45, 2.75) is 26.9 Å². The van der Waals surface area contributed by atoms with Crippen LogP contribution in [0.15, 0.2) is 48.5 Å². The van der Waals surface area contributed by atoms with Crippen molar-refractivity contribution in [1.29, 1.82) is 0 Å². The number of aryl methyl sites for hydroxylation is 2. The molecule has 1 heterocycles. The lowest BCUT2D eigenvalue weighted by Gasteiger charge is -2.35. The van der Waals surface area contributed by atoms with E-state index in [2.05, 4.69) is 10.2 Å². The van der Waals surface area contributed by atoms with Gasteiger partial charge in [-0.15, -0.1) is 0 Å². The molecule has 0 bridgehead atoms. The molecule has 2 amide bonds. The molecule has 0 unspecified atom stereocenters. The number of hydrogen-bond acceptors (Lipinski definition) is 4. The number of carbonyl (C=O) groups is 2. The second-order valence-corrected chi connectivity index (χ2v) is 7.59. The molecule has 1 aliphatic heterocycles. The van der Waals surface area contributed by atoms with Gasteiger partial charge in [0.05, 0.1) is 6.54 Å². The minimum Gasteiger partial charge on any atom is -0.481 e. The highest BCUT2D eigenvalue weighted by Crippen LogP contribution is 2.15. The predicted octanol–water partition coefficient (Wildman–Crippen LogP) is 2.85. The van der Waals surface area contributed by atoms with Crippen LogP contribution in [0, 0.1) is 13.8 Å². The maximum absolute atomic E-state index is 12.7. The number of rotatable bonds is 6.